The second-order valence-corrected chi connectivity index (χ2v) is 24.0. The van der Waals surface area contributed by atoms with E-state index in [0.29, 0.717) is 12.8 Å². The maximum absolute atomic E-state index is 12.4. The van der Waals surface area contributed by atoms with Crippen molar-refractivity contribution < 1.29 is 24.2 Å². The Morgan fingerprint density at radius 1 is 0.295 bits per heavy atom. The minimum Gasteiger partial charge on any atom is -0.462 e. The highest BCUT2D eigenvalue weighted by Crippen LogP contribution is 2.19. The molecule has 0 fully saturated rings. The van der Waals surface area contributed by atoms with Gasteiger partial charge in [0.15, 0.2) is 6.10 Å². The Kier molecular flexibility index (Phi) is 67.2. The standard InChI is InChI=1S/C73H136O5/c1-3-5-7-9-11-13-15-17-19-21-23-25-27-28-29-30-31-32-33-34-35-36-37-38-39-40-41-42-43-44-46-48-50-52-54-56-58-60-62-64-66-68-73(76)78-71(69-74)70-77-72(75)67-65-63-61-59-57-55-53-51-49-47-45-26-24-22-20-18-16-14-12-10-8-6-4-2/h15,17,21-24,27-28,71,74H,3-14,16,18-20,25-26,29-70H2,1-2H3/b17-15-,23-21-,24-22-,28-27-. The third-order valence-electron chi connectivity index (χ3n) is 16.1. The molecule has 0 bridgehead atoms. The second kappa shape index (κ2) is 69.1. The molecule has 5 heteroatoms. The molecule has 0 spiro atoms. The van der Waals surface area contributed by atoms with Gasteiger partial charge in [-0.1, -0.05) is 345 Å². The van der Waals surface area contributed by atoms with E-state index in [1.54, 1.807) is 0 Å². The number of carbonyl (C=O) groups is 2. The van der Waals surface area contributed by atoms with Gasteiger partial charge in [0.2, 0.25) is 0 Å². The number of hydrogen-bond acceptors (Lipinski definition) is 5. The SMILES string of the molecule is CCCCCCC/C=C\C/C=C\C/C=C\CCCCCCCCCCCCCCCCCCCCCCCCCCCCC(=O)OC(CO)COC(=O)CCCCCCCCCCCCC/C=C\CCCCCCCCCC. The van der Waals surface area contributed by atoms with Crippen LogP contribution in [-0.4, -0.2) is 36.4 Å². The van der Waals surface area contributed by atoms with Crippen LogP contribution < -0.4 is 0 Å². The Hall–Kier alpha value is -2.14. The fourth-order valence-corrected chi connectivity index (χ4v) is 10.8. The summed E-state index contributed by atoms with van der Waals surface area (Å²) in [6, 6.07) is 0. The van der Waals surface area contributed by atoms with Crippen molar-refractivity contribution in [1.82, 2.24) is 0 Å². The van der Waals surface area contributed by atoms with Crippen molar-refractivity contribution in [2.45, 2.75) is 392 Å². The number of rotatable bonds is 66. The van der Waals surface area contributed by atoms with E-state index in [4.69, 9.17) is 9.47 Å². The highest BCUT2D eigenvalue weighted by molar-refractivity contribution is 5.70. The van der Waals surface area contributed by atoms with Crippen molar-refractivity contribution >= 4 is 11.9 Å². The van der Waals surface area contributed by atoms with Gasteiger partial charge in [-0.05, 0) is 77.0 Å². The van der Waals surface area contributed by atoms with Gasteiger partial charge in [-0.3, -0.25) is 9.59 Å². The Bertz CT molecular complexity index is 1280. The first-order valence-corrected chi connectivity index (χ1v) is 35.2. The summed E-state index contributed by atoms with van der Waals surface area (Å²) in [5, 5.41) is 9.69. The molecule has 0 aliphatic carbocycles. The van der Waals surface area contributed by atoms with Crippen LogP contribution in [0, 0.1) is 0 Å². The first kappa shape index (κ1) is 75.9. The first-order chi connectivity index (χ1) is 38.6. The number of unbranched alkanes of at least 4 members (excludes halogenated alkanes) is 50. The molecule has 0 aliphatic heterocycles. The molecule has 0 aliphatic rings. The average Bonchev–Trinajstić information content (AvgIpc) is 3.44. The van der Waals surface area contributed by atoms with Crippen molar-refractivity contribution in [1.29, 1.82) is 0 Å². The van der Waals surface area contributed by atoms with Crippen LogP contribution in [0.25, 0.3) is 0 Å². The number of hydrogen-bond donors (Lipinski definition) is 1. The van der Waals surface area contributed by atoms with Crippen LogP contribution in [0.3, 0.4) is 0 Å². The van der Waals surface area contributed by atoms with Crippen LogP contribution in [0.1, 0.15) is 386 Å². The quantitative estimate of drug-likeness (QED) is 0.0373. The maximum atomic E-state index is 12.4. The molecule has 0 aromatic rings. The zero-order valence-electron chi connectivity index (χ0n) is 52.7. The number of allylic oxidation sites excluding steroid dienone is 8. The monoisotopic (exact) mass is 1090 g/mol. The number of carbonyl (C=O) groups excluding carboxylic acids is 2. The lowest BCUT2D eigenvalue weighted by molar-refractivity contribution is -0.161. The molecule has 0 rings (SSSR count). The topological polar surface area (TPSA) is 72.8 Å². The van der Waals surface area contributed by atoms with Crippen molar-refractivity contribution in [3.63, 3.8) is 0 Å². The summed E-state index contributed by atoms with van der Waals surface area (Å²) in [6.07, 6.45) is 93.0. The van der Waals surface area contributed by atoms with Crippen molar-refractivity contribution in [3.05, 3.63) is 48.6 Å². The van der Waals surface area contributed by atoms with Crippen molar-refractivity contribution in [2.75, 3.05) is 13.2 Å². The van der Waals surface area contributed by atoms with E-state index in [1.807, 2.05) is 0 Å². The largest absolute Gasteiger partial charge is 0.462 e. The highest BCUT2D eigenvalue weighted by Gasteiger charge is 2.16. The normalized spacial score (nSPS) is 12.4. The fourth-order valence-electron chi connectivity index (χ4n) is 10.8. The van der Waals surface area contributed by atoms with Gasteiger partial charge in [-0.25, -0.2) is 0 Å². The van der Waals surface area contributed by atoms with Crippen LogP contribution in [0.5, 0.6) is 0 Å². The summed E-state index contributed by atoms with van der Waals surface area (Å²) in [5.41, 5.74) is 0. The van der Waals surface area contributed by atoms with Gasteiger partial charge in [0.25, 0.3) is 0 Å². The average molecular weight is 1090 g/mol. The van der Waals surface area contributed by atoms with E-state index in [0.717, 1.165) is 51.4 Å². The van der Waals surface area contributed by atoms with Gasteiger partial charge in [0, 0.05) is 12.8 Å². The lowest BCUT2D eigenvalue weighted by Crippen LogP contribution is -2.28. The van der Waals surface area contributed by atoms with E-state index in [-0.39, 0.29) is 25.2 Å². The molecule has 5 nitrogen and oxygen atoms in total. The predicted molar refractivity (Wildman–Crippen MR) is 344 cm³/mol. The fraction of sp³-hybridized carbons (Fsp3) is 0.863. The Morgan fingerprint density at radius 3 is 0.782 bits per heavy atom. The molecule has 0 aromatic heterocycles. The Morgan fingerprint density at radius 2 is 0.513 bits per heavy atom. The molecule has 0 heterocycles. The summed E-state index contributed by atoms with van der Waals surface area (Å²) in [5.74, 6) is -0.570. The highest BCUT2D eigenvalue weighted by atomic mass is 16.6. The number of aliphatic hydroxyl groups is 1. The lowest BCUT2D eigenvalue weighted by atomic mass is 10.0. The molecule has 0 aromatic carbocycles. The summed E-state index contributed by atoms with van der Waals surface area (Å²) in [6.45, 7) is 4.18. The lowest BCUT2D eigenvalue weighted by Gasteiger charge is -2.15. The molecule has 78 heavy (non-hydrogen) atoms. The summed E-state index contributed by atoms with van der Waals surface area (Å²) >= 11 is 0. The van der Waals surface area contributed by atoms with E-state index >= 15 is 0 Å². The smallest absolute Gasteiger partial charge is 0.306 e. The Labute approximate surface area is 488 Å². The molecule has 0 radical (unpaired) electrons. The van der Waals surface area contributed by atoms with Gasteiger partial charge >= 0.3 is 11.9 Å². The van der Waals surface area contributed by atoms with Gasteiger partial charge in [0.1, 0.15) is 6.61 Å². The molecule has 1 N–H and O–H groups in total. The van der Waals surface area contributed by atoms with Crippen LogP contribution in [-0.2, 0) is 19.1 Å². The van der Waals surface area contributed by atoms with Gasteiger partial charge in [-0.15, -0.1) is 0 Å². The van der Waals surface area contributed by atoms with E-state index in [9.17, 15) is 14.7 Å². The molecular formula is C73H136O5. The van der Waals surface area contributed by atoms with E-state index < -0.39 is 6.10 Å². The van der Waals surface area contributed by atoms with Crippen LogP contribution in [0.2, 0.25) is 0 Å². The molecule has 458 valence electrons. The third-order valence-corrected chi connectivity index (χ3v) is 16.1. The van der Waals surface area contributed by atoms with Crippen LogP contribution in [0.4, 0.5) is 0 Å². The zero-order chi connectivity index (χ0) is 56.2. The molecule has 1 unspecified atom stereocenters. The number of esters is 2. The summed E-state index contributed by atoms with van der Waals surface area (Å²) in [7, 11) is 0. The molecular weight excluding hydrogens is 957 g/mol. The maximum Gasteiger partial charge on any atom is 0.306 e. The van der Waals surface area contributed by atoms with Crippen molar-refractivity contribution in [3.8, 4) is 0 Å². The van der Waals surface area contributed by atoms with E-state index in [1.165, 1.54) is 308 Å². The van der Waals surface area contributed by atoms with Gasteiger partial charge in [0.05, 0.1) is 6.61 Å². The second-order valence-electron chi connectivity index (χ2n) is 24.0. The van der Waals surface area contributed by atoms with Crippen molar-refractivity contribution in [2.24, 2.45) is 0 Å². The number of aliphatic hydroxyl groups excluding tert-OH is 1. The van der Waals surface area contributed by atoms with Gasteiger partial charge < -0.3 is 14.6 Å². The molecule has 0 amide bonds. The minimum atomic E-state index is -0.771. The molecule has 0 saturated carbocycles. The molecule has 1 atom stereocenters. The van der Waals surface area contributed by atoms with Crippen LogP contribution in [0.15, 0.2) is 48.6 Å². The summed E-state index contributed by atoms with van der Waals surface area (Å²) < 4.78 is 10.8. The number of ether oxygens (including phenoxy) is 2. The zero-order valence-corrected chi connectivity index (χ0v) is 52.7. The summed E-state index contributed by atoms with van der Waals surface area (Å²) in [4.78, 5) is 24.6. The molecule has 0 saturated heterocycles. The predicted octanol–water partition coefficient (Wildman–Crippen LogP) is 24.3. The third kappa shape index (κ3) is 66.4. The van der Waals surface area contributed by atoms with Gasteiger partial charge in [-0.2, -0.15) is 0 Å². The minimum absolute atomic E-state index is 0.0609. The van der Waals surface area contributed by atoms with E-state index in [2.05, 4.69) is 62.5 Å². The van der Waals surface area contributed by atoms with Crippen LogP contribution >= 0.6 is 0 Å². The Balaban J connectivity index is 3.38. The first-order valence-electron chi connectivity index (χ1n) is 35.2.